The summed E-state index contributed by atoms with van der Waals surface area (Å²) >= 11 is 9.53. The zero-order valence-electron chi connectivity index (χ0n) is 22.1. The fraction of sp³-hybridized carbons (Fsp3) is 0.333. The molecule has 10 heteroatoms. The van der Waals surface area contributed by atoms with Crippen molar-refractivity contribution in [3.63, 3.8) is 0 Å². The van der Waals surface area contributed by atoms with Crippen LogP contribution in [0.25, 0.3) is 0 Å². The van der Waals surface area contributed by atoms with Gasteiger partial charge in [0.25, 0.3) is 0 Å². The number of ether oxygens (including phenoxy) is 2. The summed E-state index contributed by atoms with van der Waals surface area (Å²) in [6, 6.07) is 22.8. The Hall–Kier alpha value is -3.11. The maximum absolute atomic E-state index is 12.2. The number of piperidine rings is 1. The highest BCUT2D eigenvalue weighted by Gasteiger charge is 2.33. The minimum absolute atomic E-state index is 0.118. The van der Waals surface area contributed by atoms with Crippen molar-refractivity contribution in [2.24, 2.45) is 0 Å². The van der Waals surface area contributed by atoms with Crippen molar-refractivity contribution in [2.75, 3.05) is 26.2 Å². The van der Waals surface area contributed by atoms with Crippen molar-refractivity contribution in [3.05, 3.63) is 99.0 Å². The van der Waals surface area contributed by atoms with Gasteiger partial charge in [-0.25, -0.2) is 4.79 Å². The van der Waals surface area contributed by atoms with E-state index in [1.165, 1.54) is 0 Å². The molecule has 1 fully saturated rings. The molecule has 0 bridgehead atoms. The van der Waals surface area contributed by atoms with Gasteiger partial charge in [0.05, 0.1) is 12.1 Å². The largest absolute Gasteiger partial charge is 0.489 e. The van der Waals surface area contributed by atoms with Crippen molar-refractivity contribution in [1.29, 1.82) is 0 Å². The Bertz CT molecular complexity index is 1270. The van der Waals surface area contributed by atoms with E-state index in [2.05, 4.69) is 37.5 Å². The fourth-order valence-electron chi connectivity index (χ4n) is 4.35. The van der Waals surface area contributed by atoms with Crippen LogP contribution in [0.2, 0.25) is 5.02 Å². The Labute approximate surface area is 247 Å². The van der Waals surface area contributed by atoms with E-state index in [9.17, 15) is 14.7 Å². The Balaban J connectivity index is 1.18. The Morgan fingerprint density at radius 2 is 1.65 bits per heavy atom. The minimum Gasteiger partial charge on any atom is -0.489 e. The summed E-state index contributed by atoms with van der Waals surface area (Å²) < 4.78 is 12.2. The van der Waals surface area contributed by atoms with Crippen LogP contribution in [0.5, 0.6) is 5.75 Å². The first kappa shape index (κ1) is 29.9. The molecule has 3 aromatic carbocycles. The van der Waals surface area contributed by atoms with Gasteiger partial charge in [-0.1, -0.05) is 70.0 Å². The van der Waals surface area contributed by atoms with Crippen LogP contribution in [0.3, 0.4) is 0 Å². The molecule has 0 saturated carbocycles. The Morgan fingerprint density at radius 1 is 0.950 bits per heavy atom. The second-order valence-electron chi connectivity index (χ2n) is 9.86. The molecule has 4 rings (SSSR count). The van der Waals surface area contributed by atoms with Crippen LogP contribution < -0.4 is 15.4 Å². The average Bonchev–Trinajstić information content (AvgIpc) is 2.96. The lowest BCUT2D eigenvalue weighted by Gasteiger charge is -2.38. The first-order valence-electron chi connectivity index (χ1n) is 13.1. The predicted octanol–water partition coefficient (Wildman–Crippen LogP) is 5.05. The second-order valence-corrected chi connectivity index (χ2v) is 11.2. The monoisotopic (exact) mass is 629 g/mol. The van der Waals surface area contributed by atoms with Crippen LogP contribution >= 0.6 is 27.5 Å². The van der Waals surface area contributed by atoms with Crippen molar-refractivity contribution in [1.82, 2.24) is 15.5 Å². The normalized spacial score (nSPS) is 14.8. The van der Waals surface area contributed by atoms with Gasteiger partial charge in [-0.3, -0.25) is 9.69 Å². The number of hydrogen-bond donors (Lipinski definition) is 3. The number of carbonyl (C=O) groups excluding carboxylic acids is 2. The molecule has 0 unspecified atom stereocenters. The van der Waals surface area contributed by atoms with E-state index in [0.29, 0.717) is 44.1 Å². The maximum Gasteiger partial charge on any atom is 0.407 e. The molecule has 212 valence electrons. The smallest absolute Gasteiger partial charge is 0.407 e. The Kier molecular flexibility index (Phi) is 10.8. The molecule has 3 N–H and O–H groups in total. The molecule has 8 nitrogen and oxygen atoms in total. The van der Waals surface area contributed by atoms with Gasteiger partial charge in [0.15, 0.2) is 0 Å². The topological polar surface area (TPSA) is 100 Å². The van der Waals surface area contributed by atoms with Gasteiger partial charge in [-0.2, -0.15) is 0 Å². The number of halogens is 2. The summed E-state index contributed by atoms with van der Waals surface area (Å²) in [5.74, 6) is 0.421. The highest BCUT2D eigenvalue weighted by atomic mass is 79.9. The first-order chi connectivity index (χ1) is 19.3. The summed E-state index contributed by atoms with van der Waals surface area (Å²) in [5.41, 5.74) is 1.93. The summed E-state index contributed by atoms with van der Waals surface area (Å²) in [6.07, 6.45) is 0.346. The van der Waals surface area contributed by atoms with E-state index >= 15 is 0 Å². The van der Waals surface area contributed by atoms with Crippen LogP contribution in [0, 0.1) is 0 Å². The van der Waals surface area contributed by atoms with E-state index in [-0.39, 0.29) is 25.6 Å². The van der Waals surface area contributed by atoms with Crippen molar-refractivity contribution >= 4 is 39.5 Å². The summed E-state index contributed by atoms with van der Waals surface area (Å²) in [5, 5.41) is 16.9. The number of nitrogens with one attached hydrogen (secondary N) is 2. The number of likely N-dealkylation sites (tertiary alicyclic amines) is 1. The highest BCUT2D eigenvalue weighted by molar-refractivity contribution is 9.10. The van der Waals surface area contributed by atoms with Crippen LogP contribution in [0.15, 0.2) is 77.3 Å². The lowest BCUT2D eigenvalue weighted by atomic mass is 9.91. The second kappa shape index (κ2) is 14.5. The quantitative estimate of drug-likeness (QED) is 0.274. The molecule has 1 saturated heterocycles. The van der Waals surface area contributed by atoms with Gasteiger partial charge in [0, 0.05) is 41.2 Å². The molecular weight excluding hydrogens is 598 g/mol. The number of aliphatic hydroxyl groups is 1. The van der Waals surface area contributed by atoms with Gasteiger partial charge in [-0.05, 0) is 54.3 Å². The van der Waals surface area contributed by atoms with E-state index < -0.39 is 11.7 Å². The molecule has 0 aliphatic carbocycles. The van der Waals surface area contributed by atoms with Gasteiger partial charge >= 0.3 is 6.09 Å². The van der Waals surface area contributed by atoms with E-state index in [1.54, 1.807) is 0 Å². The lowest BCUT2D eigenvalue weighted by Crippen LogP contribution is -2.51. The van der Waals surface area contributed by atoms with Crippen LogP contribution in [-0.4, -0.2) is 53.8 Å². The third kappa shape index (κ3) is 9.52. The molecule has 1 heterocycles. The maximum atomic E-state index is 12.2. The molecule has 40 heavy (non-hydrogen) atoms. The fourth-order valence-corrected chi connectivity index (χ4v) is 4.89. The van der Waals surface area contributed by atoms with Crippen molar-refractivity contribution in [2.45, 2.75) is 38.2 Å². The number of amides is 2. The van der Waals surface area contributed by atoms with E-state index in [0.717, 1.165) is 26.9 Å². The molecule has 2 amide bonds. The number of benzene rings is 3. The number of nitrogens with zero attached hydrogens (tertiary/aromatic N) is 1. The third-order valence-electron chi connectivity index (χ3n) is 6.73. The average molecular weight is 631 g/mol. The first-order valence-corrected chi connectivity index (χ1v) is 14.3. The van der Waals surface area contributed by atoms with Gasteiger partial charge in [0.1, 0.15) is 19.0 Å². The molecule has 1 aliphatic heterocycles. The zero-order valence-corrected chi connectivity index (χ0v) is 24.4. The molecule has 0 aromatic heterocycles. The van der Waals surface area contributed by atoms with Crippen molar-refractivity contribution in [3.8, 4) is 5.75 Å². The number of rotatable bonds is 11. The van der Waals surface area contributed by atoms with Gasteiger partial charge < -0.3 is 25.2 Å². The third-order valence-corrected chi connectivity index (χ3v) is 7.48. The standard InChI is InChI=1S/C30H33BrClN3O5/c31-25-8-11-27(39-19-23-6-9-26(32)10-7-23)24(16-25)18-35-14-12-30(38,13-15-35)21-34-28(36)17-33-29(37)40-20-22-4-2-1-3-5-22/h1-11,16,38H,12-15,17-21H2,(H,33,37)(H,34,36). The van der Waals surface area contributed by atoms with Gasteiger partial charge in [-0.15, -0.1) is 0 Å². The number of carbonyl (C=O) groups is 2. The van der Waals surface area contributed by atoms with Crippen molar-refractivity contribution < 1.29 is 24.2 Å². The molecule has 3 aromatic rings. The number of alkyl carbamates (subject to hydrolysis) is 1. The highest BCUT2D eigenvalue weighted by Crippen LogP contribution is 2.28. The van der Waals surface area contributed by atoms with Gasteiger partial charge in [0.2, 0.25) is 5.91 Å². The van der Waals surface area contributed by atoms with Crippen LogP contribution in [-0.2, 0) is 29.3 Å². The summed E-state index contributed by atoms with van der Waals surface area (Å²) in [7, 11) is 0. The Morgan fingerprint density at radius 3 is 2.38 bits per heavy atom. The zero-order chi connectivity index (χ0) is 28.4. The summed E-state index contributed by atoms with van der Waals surface area (Å²) in [4.78, 5) is 26.4. The van der Waals surface area contributed by atoms with E-state index in [4.69, 9.17) is 21.1 Å². The SMILES string of the molecule is O=C(CNC(=O)OCc1ccccc1)NCC1(O)CCN(Cc2cc(Br)ccc2OCc2ccc(Cl)cc2)CC1. The molecule has 0 atom stereocenters. The van der Waals surface area contributed by atoms with Crippen LogP contribution in [0.4, 0.5) is 4.79 Å². The number of hydrogen-bond acceptors (Lipinski definition) is 6. The molecular formula is C30H33BrClN3O5. The predicted molar refractivity (Wildman–Crippen MR) is 157 cm³/mol. The molecule has 0 spiro atoms. The minimum atomic E-state index is -1.01. The lowest BCUT2D eigenvalue weighted by molar-refractivity contribution is -0.122. The molecule has 0 radical (unpaired) electrons. The van der Waals surface area contributed by atoms with E-state index in [1.807, 2.05) is 66.7 Å². The summed E-state index contributed by atoms with van der Waals surface area (Å²) in [6.45, 7) is 2.46. The van der Waals surface area contributed by atoms with Crippen LogP contribution in [0.1, 0.15) is 29.5 Å². The molecule has 1 aliphatic rings.